The summed E-state index contributed by atoms with van der Waals surface area (Å²) in [7, 11) is 0. The number of rotatable bonds is 10. The summed E-state index contributed by atoms with van der Waals surface area (Å²) in [6.07, 6.45) is 7.50. The van der Waals surface area contributed by atoms with Crippen LogP contribution in [0.15, 0.2) is 42.0 Å². The van der Waals surface area contributed by atoms with Gasteiger partial charge in [0.05, 0.1) is 16.8 Å². The second-order valence-corrected chi connectivity index (χ2v) is 7.00. The van der Waals surface area contributed by atoms with Crippen LogP contribution < -0.4 is 10.1 Å². The Morgan fingerprint density at radius 1 is 1.04 bits per heavy atom. The number of thiophene rings is 1. The van der Waals surface area contributed by atoms with Gasteiger partial charge in [-0.25, -0.2) is 9.97 Å². The average molecular weight is 356 g/mol. The molecule has 0 bridgehead atoms. The number of nitrogens with zero attached hydrogens (tertiary/aromatic N) is 2. The van der Waals surface area contributed by atoms with E-state index in [-0.39, 0.29) is 0 Å². The lowest BCUT2D eigenvalue weighted by atomic mass is 10.1. The summed E-state index contributed by atoms with van der Waals surface area (Å²) in [5.74, 6) is 1.89. The Hall–Kier alpha value is -2.14. The molecule has 0 aliphatic carbocycles. The summed E-state index contributed by atoms with van der Waals surface area (Å²) in [6, 6.07) is 10.4. The highest BCUT2D eigenvalue weighted by Gasteiger charge is 2.04. The first-order valence-corrected chi connectivity index (χ1v) is 9.88. The lowest BCUT2D eigenvalue weighted by Crippen LogP contribution is -2.06. The van der Waals surface area contributed by atoms with Crippen molar-refractivity contribution in [3.63, 3.8) is 0 Å². The van der Waals surface area contributed by atoms with E-state index in [0.29, 0.717) is 0 Å². The van der Waals surface area contributed by atoms with E-state index in [1.165, 1.54) is 24.8 Å². The molecule has 4 nitrogen and oxygen atoms in total. The van der Waals surface area contributed by atoms with E-state index in [2.05, 4.69) is 46.5 Å². The maximum atomic E-state index is 5.79. The lowest BCUT2D eigenvalue weighted by molar-refractivity contribution is 0.305. The van der Waals surface area contributed by atoms with Gasteiger partial charge in [-0.15, -0.1) is 11.3 Å². The largest absolute Gasteiger partial charge is 0.494 e. The molecule has 3 rings (SSSR count). The number of benzene rings is 1. The summed E-state index contributed by atoms with van der Waals surface area (Å²) < 4.78 is 6.91. The van der Waals surface area contributed by atoms with Gasteiger partial charge in [0.1, 0.15) is 17.9 Å². The van der Waals surface area contributed by atoms with Crippen molar-refractivity contribution >= 4 is 27.4 Å². The van der Waals surface area contributed by atoms with Crippen LogP contribution in [0.2, 0.25) is 0 Å². The highest BCUT2D eigenvalue weighted by molar-refractivity contribution is 7.17. The minimum atomic E-state index is 0.811. The number of fused-ring (bicyclic) bond motifs is 1. The molecule has 5 heteroatoms. The summed E-state index contributed by atoms with van der Waals surface area (Å²) in [5, 5.41) is 5.47. The molecule has 0 fully saturated rings. The molecule has 0 amide bonds. The van der Waals surface area contributed by atoms with Crippen LogP contribution in [0.1, 0.15) is 38.2 Å². The van der Waals surface area contributed by atoms with E-state index in [0.717, 1.165) is 47.8 Å². The van der Waals surface area contributed by atoms with Crippen LogP contribution in [0.3, 0.4) is 0 Å². The fraction of sp³-hybridized carbons (Fsp3) is 0.400. The predicted octanol–water partition coefficient (Wildman–Crippen LogP) is 5.31. The van der Waals surface area contributed by atoms with Gasteiger partial charge in [0.15, 0.2) is 0 Å². The second kappa shape index (κ2) is 9.37. The zero-order valence-electron chi connectivity index (χ0n) is 14.7. The normalized spacial score (nSPS) is 10.9. The zero-order valence-corrected chi connectivity index (χ0v) is 15.5. The van der Waals surface area contributed by atoms with Crippen molar-refractivity contribution < 1.29 is 4.74 Å². The number of aromatic nitrogens is 2. The summed E-state index contributed by atoms with van der Waals surface area (Å²) in [5.41, 5.74) is 2.30. The second-order valence-electron chi connectivity index (χ2n) is 6.09. The van der Waals surface area contributed by atoms with Crippen LogP contribution in [0.4, 0.5) is 5.82 Å². The number of nitrogens with one attached hydrogen (secondary N) is 1. The third kappa shape index (κ3) is 5.16. The topological polar surface area (TPSA) is 47.0 Å². The van der Waals surface area contributed by atoms with E-state index >= 15 is 0 Å². The smallest absolute Gasteiger partial charge is 0.147 e. The molecule has 3 aromatic rings. The van der Waals surface area contributed by atoms with Crippen molar-refractivity contribution in [3.05, 3.63) is 47.6 Å². The number of hydrogen-bond donors (Lipinski definition) is 1. The highest BCUT2D eigenvalue weighted by atomic mass is 32.1. The standard InChI is InChI=1S/C20H25N3OS/c1-2-3-4-5-13-24-17-8-6-16(7-9-17)10-12-21-20-19-18(11-14-25-19)22-15-23-20/h6-9,11,14-15H,2-5,10,12-13H2,1H3,(H,21,22,23). The number of anilines is 1. The third-order valence-electron chi connectivity index (χ3n) is 4.14. The van der Waals surface area contributed by atoms with Crippen molar-refractivity contribution in [2.24, 2.45) is 0 Å². The first kappa shape index (κ1) is 17.7. The summed E-state index contributed by atoms with van der Waals surface area (Å²) >= 11 is 1.67. The van der Waals surface area contributed by atoms with E-state index in [4.69, 9.17) is 4.74 Å². The van der Waals surface area contributed by atoms with Gasteiger partial charge in [-0.05, 0) is 42.0 Å². The maximum Gasteiger partial charge on any atom is 0.147 e. The van der Waals surface area contributed by atoms with Crippen molar-refractivity contribution in [2.75, 3.05) is 18.5 Å². The first-order chi connectivity index (χ1) is 12.4. The summed E-state index contributed by atoms with van der Waals surface area (Å²) in [6.45, 7) is 3.88. The molecule has 2 heterocycles. The monoisotopic (exact) mass is 355 g/mol. The minimum Gasteiger partial charge on any atom is -0.494 e. The maximum absolute atomic E-state index is 5.79. The molecule has 1 N–H and O–H groups in total. The van der Waals surface area contributed by atoms with E-state index < -0.39 is 0 Å². The van der Waals surface area contributed by atoms with Gasteiger partial charge in [-0.3, -0.25) is 0 Å². The third-order valence-corrected chi connectivity index (χ3v) is 5.05. The molecule has 1 aromatic carbocycles. The molecule has 0 radical (unpaired) electrons. The Morgan fingerprint density at radius 2 is 1.92 bits per heavy atom. The van der Waals surface area contributed by atoms with Crippen LogP contribution in [-0.2, 0) is 6.42 Å². The molecule has 0 unspecified atom stereocenters. The van der Waals surface area contributed by atoms with Crippen molar-refractivity contribution in [1.82, 2.24) is 9.97 Å². The Balaban J connectivity index is 1.43. The van der Waals surface area contributed by atoms with Crippen LogP contribution in [0, 0.1) is 0 Å². The van der Waals surface area contributed by atoms with Gasteiger partial charge in [0.25, 0.3) is 0 Å². The minimum absolute atomic E-state index is 0.811. The lowest BCUT2D eigenvalue weighted by Gasteiger charge is -2.08. The molecule has 0 aliphatic heterocycles. The van der Waals surface area contributed by atoms with Gasteiger partial charge >= 0.3 is 0 Å². The van der Waals surface area contributed by atoms with Crippen LogP contribution >= 0.6 is 11.3 Å². The van der Waals surface area contributed by atoms with Crippen molar-refractivity contribution in [3.8, 4) is 5.75 Å². The quantitative estimate of drug-likeness (QED) is 0.501. The molecule has 0 saturated carbocycles. The van der Waals surface area contributed by atoms with E-state index in [9.17, 15) is 0 Å². The van der Waals surface area contributed by atoms with Gasteiger partial charge in [0.2, 0.25) is 0 Å². The molecule has 0 atom stereocenters. The Bertz CT molecular complexity index is 770. The SMILES string of the molecule is CCCCCCOc1ccc(CCNc2ncnc3ccsc23)cc1. The van der Waals surface area contributed by atoms with E-state index in [1.807, 2.05) is 11.4 Å². The molecule has 25 heavy (non-hydrogen) atoms. The van der Waals surface area contributed by atoms with Crippen LogP contribution in [0.25, 0.3) is 10.2 Å². The molecule has 0 saturated heterocycles. The Kier molecular flexibility index (Phi) is 6.63. The first-order valence-electron chi connectivity index (χ1n) is 9.00. The highest BCUT2D eigenvalue weighted by Crippen LogP contribution is 2.24. The Morgan fingerprint density at radius 3 is 2.76 bits per heavy atom. The average Bonchev–Trinajstić information content (AvgIpc) is 3.12. The summed E-state index contributed by atoms with van der Waals surface area (Å²) in [4.78, 5) is 8.61. The van der Waals surface area contributed by atoms with Crippen molar-refractivity contribution in [1.29, 1.82) is 0 Å². The fourth-order valence-electron chi connectivity index (χ4n) is 2.71. The number of ether oxygens (including phenoxy) is 1. The molecule has 132 valence electrons. The predicted molar refractivity (Wildman–Crippen MR) is 106 cm³/mol. The fourth-order valence-corrected chi connectivity index (χ4v) is 3.52. The van der Waals surface area contributed by atoms with Gasteiger partial charge in [0, 0.05) is 6.54 Å². The molecule has 2 aromatic heterocycles. The molecular weight excluding hydrogens is 330 g/mol. The number of hydrogen-bond acceptors (Lipinski definition) is 5. The number of unbranched alkanes of at least 4 members (excludes halogenated alkanes) is 3. The molecular formula is C20H25N3OS. The van der Waals surface area contributed by atoms with Crippen LogP contribution in [-0.4, -0.2) is 23.1 Å². The van der Waals surface area contributed by atoms with Gasteiger partial charge in [-0.2, -0.15) is 0 Å². The zero-order chi connectivity index (χ0) is 17.3. The molecule has 0 aliphatic rings. The Labute approximate surface area is 153 Å². The van der Waals surface area contributed by atoms with Gasteiger partial charge < -0.3 is 10.1 Å². The van der Waals surface area contributed by atoms with Gasteiger partial charge in [-0.1, -0.05) is 38.3 Å². The van der Waals surface area contributed by atoms with Crippen LogP contribution in [0.5, 0.6) is 5.75 Å². The molecule has 0 spiro atoms. The van der Waals surface area contributed by atoms with E-state index in [1.54, 1.807) is 17.7 Å². The van der Waals surface area contributed by atoms with Crippen molar-refractivity contribution in [2.45, 2.75) is 39.0 Å².